The monoisotopic (exact) mass is 389 g/mol. The van der Waals surface area contributed by atoms with Gasteiger partial charge in [0, 0.05) is 25.8 Å². The molecule has 0 atom stereocenters. The molecule has 0 unspecified atom stereocenters. The minimum Gasteiger partial charge on any atom is -0.497 e. The van der Waals surface area contributed by atoms with Crippen LogP contribution < -0.4 is 4.74 Å². The van der Waals surface area contributed by atoms with Crippen LogP contribution in [0.15, 0.2) is 48.5 Å². The first-order chi connectivity index (χ1) is 12.8. The van der Waals surface area contributed by atoms with Gasteiger partial charge in [0.05, 0.1) is 12.9 Å². The average molecular weight is 390 g/mol. The van der Waals surface area contributed by atoms with Gasteiger partial charge in [0.2, 0.25) is 5.91 Å². The van der Waals surface area contributed by atoms with Gasteiger partial charge in [-0.2, -0.15) is 0 Å². The maximum atomic E-state index is 12.7. The molecular weight excluding hydrogens is 362 g/mol. The van der Waals surface area contributed by atoms with Crippen molar-refractivity contribution in [2.45, 2.75) is 26.3 Å². The molecule has 0 bridgehead atoms. The van der Waals surface area contributed by atoms with E-state index in [1.165, 1.54) is 0 Å². The molecule has 0 aliphatic heterocycles. The van der Waals surface area contributed by atoms with Crippen LogP contribution in [0, 0.1) is 6.92 Å². The molecule has 2 aromatic carbocycles. The molecule has 0 heterocycles. The molecule has 5 nitrogen and oxygen atoms in total. The number of methoxy groups -OCH3 is 1. The van der Waals surface area contributed by atoms with Crippen molar-refractivity contribution in [2.75, 3.05) is 25.7 Å². The number of carbonyl (C=O) groups excluding carboxylic acids is 1. The first-order valence-corrected chi connectivity index (χ1v) is 11.0. The van der Waals surface area contributed by atoms with E-state index in [0.717, 1.165) is 28.7 Å². The zero-order valence-electron chi connectivity index (χ0n) is 16.1. The molecule has 0 aliphatic carbocycles. The second kappa shape index (κ2) is 9.55. The van der Waals surface area contributed by atoms with Gasteiger partial charge in [-0.25, -0.2) is 8.42 Å². The lowest BCUT2D eigenvalue weighted by Gasteiger charge is -2.24. The Kier molecular flexibility index (Phi) is 7.42. The third-order valence-electron chi connectivity index (χ3n) is 4.49. The van der Waals surface area contributed by atoms with E-state index in [4.69, 9.17) is 4.74 Å². The van der Waals surface area contributed by atoms with Gasteiger partial charge in [-0.15, -0.1) is 0 Å². The van der Waals surface area contributed by atoms with E-state index in [1.54, 1.807) is 12.0 Å². The molecule has 146 valence electrons. The molecule has 0 spiro atoms. The van der Waals surface area contributed by atoms with Gasteiger partial charge in [0.15, 0.2) is 0 Å². The SMILES string of the molecule is COc1ccc(CCN(Cc2ccccc2C)C(=O)CCS(C)(=O)=O)cc1. The van der Waals surface area contributed by atoms with E-state index in [-0.39, 0.29) is 18.1 Å². The number of hydrogen-bond acceptors (Lipinski definition) is 4. The molecule has 0 radical (unpaired) electrons. The molecule has 6 heteroatoms. The molecule has 0 aromatic heterocycles. The number of ether oxygens (including phenoxy) is 1. The highest BCUT2D eigenvalue weighted by atomic mass is 32.2. The molecule has 2 rings (SSSR count). The number of rotatable bonds is 9. The summed E-state index contributed by atoms with van der Waals surface area (Å²) >= 11 is 0. The summed E-state index contributed by atoms with van der Waals surface area (Å²) in [5.41, 5.74) is 3.28. The molecule has 0 saturated heterocycles. The highest BCUT2D eigenvalue weighted by Crippen LogP contribution is 2.15. The third-order valence-corrected chi connectivity index (χ3v) is 5.44. The Hall–Kier alpha value is -2.34. The predicted molar refractivity (Wildman–Crippen MR) is 108 cm³/mol. The molecule has 0 N–H and O–H groups in total. The smallest absolute Gasteiger partial charge is 0.223 e. The highest BCUT2D eigenvalue weighted by molar-refractivity contribution is 7.90. The Bertz CT molecular complexity index is 860. The van der Waals surface area contributed by atoms with Crippen molar-refractivity contribution in [1.29, 1.82) is 0 Å². The summed E-state index contributed by atoms with van der Waals surface area (Å²) in [7, 11) is -1.55. The Morgan fingerprint density at radius 2 is 1.74 bits per heavy atom. The van der Waals surface area contributed by atoms with Crippen molar-refractivity contribution >= 4 is 15.7 Å². The van der Waals surface area contributed by atoms with Crippen molar-refractivity contribution < 1.29 is 17.9 Å². The number of carbonyl (C=O) groups is 1. The number of nitrogens with zero attached hydrogens (tertiary/aromatic N) is 1. The third kappa shape index (κ3) is 7.06. The largest absolute Gasteiger partial charge is 0.497 e. The molecule has 2 aromatic rings. The van der Waals surface area contributed by atoms with E-state index in [1.807, 2.05) is 55.5 Å². The van der Waals surface area contributed by atoms with Crippen LogP contribution in [0.5, 0.6) is 5.75 Å². The van der Waals surface area contributed by atoms with Gasteiger partial charge >= 0.3 is 0 Å². The van der Waals surface area contributed by atoms with E-state index in [9.17, 15) is 13.2 Å². The number of amides is 1. The lowest BCUT2D eigenvalue weighted by atomic mass is 10.1. The lowest BCUT2D eigenvalue weighted by Crippen LogP contribution is -2.33. The number of aryl methyl sites for hydroxylation is 1. The van der Waals surface area contributed by atoms with Gasteiger partial charge in [0.1, 0.15) is 15.6 Å². The van der Waals surface area contributed by atoms with Crippen LogP contribution in [0.4, 0.5) is 0 Å². The maximum absolute atomic E-state index is 12.7. The van der Waals surface area contributed by atoms with E-state index >= 15 is 0 Å². The van der Waals surface area contributed by atoms with Crippen LogP contribution in [0.1, 0.15) is 23.1 Å². The first-order valence-electron chi connectivity index (χ1n) is 8.91. The fraction of sp³-hybridized carbons (Fsp3) is 0.381. The van der Waals surface area contributed by atoms with Crippen LogP contribution in [-0.2, 0) is 27.6 Å². The molecular formula is C21H27NO4S. The minimum atomic E-state index is -3.17. The minimum absolute atomic E-state index is 0.00727. The van der Waals surface area contributed by atoms with Crippen LogP contribution in [-0.4, -0.2) is 44.9 Å². The first kappa shape index (κ1) is 21.0. The quantitative estimate of drug-likeness (QED) is 0.661. The Balaban J connectivity index is 2.09. The highest BCUT2D eigenvalue weighted by Gasteiger charge is 2.17. The normalized spacial score (nSPS) is 11.2. The predicted octanol–water partition coefficient (Wildman–Crippen LogP) is 3.01. The van der Waals surface area contributed by atoms with Crippen molar-refractivity contribution in [3.63, 3.8) is 0 Å². The molecule has 27 heavy (non-hydrogen) atoms. The molecule has 0 aliphatic rings. The second-order valence-electron chi connectivity index (χ2n) is 6.72. The Labute approximate surface area is 161 Å². The van der Waals surface area contributed by atoms with Crippen LogP contribution >= 0.6 is 0 Å². The number of benzene rings is 2. The summed E-state index contributed by atoms with van der Waals surface area (Å²) < 4.78 is 28.0. The van der Waals surface area contributed by atoms with E-state index in [0.29, 0.717) is 19.5 Å². The van der Waals surface area contributed by atoms with Crippen LogP contribution in [0.3, 0.4) is 0 Å². The average Bonchev–Trinajstić information content (AvgIpc) is 2.64. The maximum Gasteiger partial charge on any atom is 0.223 e. The summed E-state index contributed by atoms with van der Waals surface area (Å²) in [6.45, 7) is 3.02. The fourth-order valence-corrected chi connectivity index (χ4v) is 3.32. The number of hydrogen-bond donors (Lipinski definition) is 0. The zero-order valence-corrected chi connectivity index (χ0v) is 17.0. The summed E-state index contributed by atoms with van der Waals surface area (Å²) in [6.07, 6.45) is 1.86. The van der Waals surface area contributed by atoms with Crippen molar-refractivity contribution in [3.8, 4) is 5.75 Å². The Morgan fingerprint density at radius 1 is 1.07 bits per heavy atom. The fourth-order valence-electron chi connectivity index (χ4n) is 2.77. The standard InChI is InChI=1S/C21H27NO4S/c1-17-6-4-5-7-19(17)16-22(21(23)13-15-27(3,24)25)14-12-18-8-10-20(26-2)11-9-18/h4-11H,12-16H2,1-3H3. The molecule has 0 saturated carbocycles. The Morgan fingerprint density at radius 3 is 2.33 bits per heavy atom. The van der Waals surface area contributed by atoms with Gasteiger partial charge in [-0.3, -0.25) is 4.79 Å². The molecule has 0 fully saturated rings. The molecule has 1 amide bonds. The van der Waals surface area contributed by atoms with Crippen LogP contribution in [0.2, 0.25) is 0 Å². The zero-order chi connectivity index (χ0) is 19.9. The van der Waals surface area contributed by atoms with E-state index in [2.05, 4.69) is 0 Å². The van der Waals surface area contributed by atoms with Gasteiger partial charge in [-0.1, -0.05) is 36.4 Å². The topological polar surface area (TPSA) is 63.7 Å². The lowest BCUT2D eigenvalue weighted by molar-refractivity contribution is -0.131. The summed E-state index contributed by atoms with van der Waals surface area (Å²) in [5.74, 6) is 0.524. The van der Waals surface area contributed by atoms with Crippen molar-refractivity contribution in [2.24, 2.45) is 0 Å². The van der Waals surface area contributed by atoms with Crippen LogP contribution in [0.25, 0.3) is 0 Å². The second-order valence-corrected chi connectivity index (χ2v) is 8.98. The van der Waals surface area contributed by atoms with Gasteiger partial charge < -0.3 is 9.64 Å². The number of sulfone groups is 1. The summed E-state index contributed by atoms with van der Waals surface area (Å²) in [5, 5.41) is 0. The van der Waals surface area contributed by atoms with Gasteiger partial charge in [-0.05, 0) is 42.2 Å². The van der Waals surface area contributed by atoms with Gasteiger partial charge in [0.25, 0.3) is 0 Å². The van der Waals surface area contributed by atoms with Crippen molar-refractivity contribution in [1.82, 2.24) is 4.90 Å². The van der Waals surface area contributed by atoms with Crippen molar-refractivity contribution in [3.05, 3.63) is 65.2 Å². The summed E-state index contributed by atoms with van der Waals surface area (Å²) in [4.78, 5) is 14.4. The summed E-state index contributed by atoms with van der Waals surface area (Å²) in [6, 6.07) is 15.7. The van der Waals surface area contributed by atoms with E-state index < -0.39 is 9.84 Å².